The lowest BCUT2D eigenvalue weighted by atomic mass is 9.74. The van der Waals surface area contributed by atoms with Crippen LogP contribution < -0.4 is 10.1 Å². The van der Waals surface area contributed by atoms with Crippen LogP contribution in [-0.2, 0) is 4.79 Å². The summed E-state index contributed by atoms with van der Waals surface area (Å²) in [5.41, 5.74) is 0.730. The fraction of sp³-hybridized carbons (Fsp3) is 0.391. The predicted molar refractivity (Wildman–Crippen MR) is 118 cm³/mol. The number of carbonyl (C=O) groups is 1. The lowest BCUT2D eigenvalue weighted by Crippen LogP contribution is -2.61. The molecule has 158 valence electrons. The van der Waals surface area contributed by atoms with Crippen molar-refractivity contribution in [3.8, 4) is 11.5 Å². The van der Waals surface area contributed by atoms with Gasteiger partial charge >= 0.3 is 5.97 Å². The Morgan fingerprint density at radius 2 is 2.03 bits per heavy atom. The Labute approximate surface area is 181 Å². The molecule has 2 N–H and O–H groups in total. The first-order chi connectivity index (χ1) is 14.5. The average molecular weight is 428 g/mol. The van der Waals surface area contributed by atoms with E-state index in [2.05, 4.69) is 10.2 Å². The predicted octanol–water partition coefficient (Wildman–Crippen LogP) is 4.69. The van der Waals surface area contributed by atoms with Crippen LogP contribution in [0.4, 0.5) is 5.69 Å². The van der Waals surface area contributed by atoms with Crippen molar-refractivity contribution in [3.05, 3.63) is 53.1 Å². The minimum absolute atomic E-state index is 0.191. The van der Waals surface area contributed by atoms with Gasteiger partial charge in [0.1, 0.15) is 17.3 Å². The summed E-state index contributed by atoms with van der Waals surface area (Å²) >= 11 is 6.31. The number of carboxylic acid groups (broad SMARTS) is 1. The standard InChI is InChI=1S/C23H26ClN3O3/c1-3-23(4-2,22(28)29)20-14-27(12-11-25-20)21-16-13-15(24)9-10-18(16)30-19-8-6-5-7-17(19)26-21/h5-10,13,20,25H,3-4,11-12,14H2,1-2H3,(H,28,29)/t20-/m1/s1. The summed E-state index contributed by atoms with van der Waals surface area (Å²) in [6, 6.07) is 13.0. The molecule has 0 unspecified atom stereocenters. The highest BCUT2D eigenvalue weighted by molar-refractivity contribution is 6.31. The van der Waals surface area contributed by atoms with Crippen LogP contribution >= 0.6 is 11.6 Å². The van der Waals surface area contributed by atoms with Gasteiger partial charge in [-0.3, -0.25) is 4.79 Å². The van der Waals surface area contributed by atoms with Crippen LogP contribution in [0, 0.1) is 5.41 Å². The summed E-state index contributed by atoms with van der Waals surface area (Å²) < 4.78 is 6.14. The molecular weight excluding hydrogens is 402 g/mol. The number of rotatable bonds is 4. The largest absolute Gasteiger partial charge is 0.481 e. The molecule has 0 aromatic heterocycles. The van der Waals surface area contributed by atoms with E-state index < -0.39 is 11.4 Å². The third-order valence-electron chi connectivity index (χ3n) is 6.32. The van der Waals surface area contributed by atoms with E-state index in [1.54, 1.807) is 6.07 Å². The van der Waals surface area contributed by atoms with Gasteiger partial charge in [0, 0.05) is 30.7 Å². The molecule has 6 nitrogen and oxygen atoms in total. The van der Waals surface area contributed by atoms with Crippen molar-refractivity contribution < 1.29 is 14.6 Å². The van der Waals surface area contributed by atoms with Crippen molar-refractivity contribution in [2.45, 2.75) is 32.7 Å². The number of aliphatic imine (C=N–C) groups is 1. The molecule has 2 aliphatic rings. The molecule has 0 amide bonds. The third-order valence-corrected chi connectivity index (χ3v) is 6.56. The molecule has 2 aromatic carbocycles. The van der Waals surface area contributed by atoms with Crippen LogP contribution in [0.5, 0.6) is 11.5 Å². The summed E-state index contributed by atoms with van der Waals surface area (Å²) in [4.78, 5) is 19.3. The highest BCUT2D eigenvalue weighted by Crippen LogP contribution is 2.40. The smallest absolute Gasteiger partial charge is 0.311 e. The fourth-order valence-corrected chi connectivity index (χ4v) is 4.61. The molecule has 1 atom stereocenters. The SMILES string of the molecule is CCC(CC)(C(=O)O)[C@H]1CN(C2=Nc3ccccc3Oc3ccc(Cl)cc32)CCN1. The van der Waals surface area contributed by atoms with Crippen LogP contribution in [-0.4, -0.2) is 47.5 Å². The Kier molecular flexibility index (Phi) is 5.71. The molecule has 0 spiro atoms. The maximum Gasteiger partial charge on any atom is 0.311 e. The van der Waals surface area contributed by atoms with E-state index in [1.165, 1.54) is 0 Å². The summed E-state index contributed by atoms with van der Waals surface area (Å²) in [6.07, 6.45) is 1.12. The van der Waals surface area contributed by atoms with Crippen molar-refractivity contribution in [2.75, 3.05) is 19.6 Å². The topological polar surface area (TPSA) is 74.2 Å². The number of carboxylic acids is 1. The van der Waals surface area contributed by atoms with Gasteiger partial charge in [-0.1, -0.05) is 37.6 Å². The van der Waals surface area contributed by atoms with Gasteiger partial charge in [-0.05, 0) is 43.2 Å². The van der Waals surface area contributed by atoms with E-state index in [1.807, 2.05) is 50.2 Å². The Bertz CT molecular complexity index is 987. The van der Waals surface area contributed by atoms with Gasteiger partial charge < -0.3 is 20.1 Å². The first-order valence-corrected chi connectivity index (χ1v) is 10.7. The van der Waals surface area contributed by atoms with Gasteiger partial charge in [-0.25, -0.2) is 4.99 Å². The van der Waals surface area contributed by atoms with Gasteiger partial charge in [-0.2, -0.15) is 0 Å². The average Bonchev–Trinajstić information content (AvgIpc) is 2.91. The van der Waals surface area contributed by atoms with Gasteiger partial charge in [0.25, 0.3) is 0 Å². The maximum absolute atomic E-state index is 12.2. The zero-order chi connectivity index (χ0) is 21.3. The van der Waals surface area contributed by atoms with Crippen LogP contribution in [0.1, 0.15) is 32.3 Å². The number of fused-ring (bicyclic) bond motifs is 2. The van der Waals surface area contributed by atoms with E-state index in [-0.39, 0.29) is 6.04 Å². The van der Waals surface area contributed by atoms with Crippen molar-refractivity contribution in [3.63, 3.8) is 0 Å². The number of aliphatic carboxylic acids is 1. The number of hydrogen-bond donors (Lipinski definition) is 2. The summed E-state index contributed by atoms with van der Waals surface area (Å²) in [5.74, 6) is 1.38. The second-order valence-electron chi connectivity index (χ2n) is 7.77. The monoisotopic (exact) mass is 427 g/mol. The van der Waals surface area contributed by atoms with E-state index in [0.29, 0.717) is 49.0 Å². The van der Waals surface area contributed by atoms with Gasteiger partial charge in [0.2, 0.25) is 0 Å². The van der Waals surface area contributed by atoms with Crippen molar-refractivity contribution >= 4 is 29.1 Å². The first kappa shape index (κ1) is 20.7. The van der Waals surface area contributed by atoms with Gasteiger partial charge in [0.05, 0.1) is 11.0 Å². The Morgan fingerprint density at radius 1 is 1.27 bits per heavy atom. The number of piperazine rings is 1. The second kappa shape index (κ2) is 8.28. The van der Waals surface area contributed by atoms with E-state index in [9.17, 15) is 9.90 Å². The molecule has 0 bridgehead atoms. The Hall–Kier alpha value is -2.57. The van der Waals surface area contributed by atoms with Crippen LogP contribution in [0.2, 0.25) is 5.02 Å². The molecule has 1 fully saturated rings. The summed E-state index contributed by atoms with van der Waals surface area (Å²) in [5, 5.41) is 14.1. The first-order valence-electron chi connectivity index (χ1n) is 10.4. The van der Waals surface area contributed by atoms with Crippen LogP contribution in [0.25, 0.3) is 0 Å². The van der Waals surface area contributed by atoms with Crippen LogP contribution in [0.15, 0.2) is 47.5 Å². The number of halogens is 1. The molecule has 2 aliphatic heterocycles. The highest BCUT2D eigenvalue weighted by atomic mass is 35.5. The number of nitrogens with zero attached hydrogens (tertiary/aromatic N) is 2. The zero-order valence-electron chi connectivity index (χ0n) is 17.2. The number of amidine groups is 1. The number of ether oxygens (including phenoxy) is 1. The zero-order valence-corrected chi connectivity index (χ0v) is 17.9. The second-order valence-corrected chi connectivity index (χ2v) is 8.20. The highest BCUT2D eigenvalue weighted by Gasteiger charge is 2.45. The minimum atomic E-state index is -0.824. The Morgan fingerprint density at radius 3 is 2.77 bits per heavy atom. The number of para-hydroxylation sites is 2. The van der Waals surface area contributed by atoms with Crippen LogP contribution in [0.3, 0.4) is 0 Å². The number of nitrogens with one attached hydrogen (secondary N) is 1. The summed E-state index contributed by atoms with van der Waals surface area (Å²) in [6.45, 7) is 5.83. The lowest BCUT2D eigenvalue weighted by Gasteiger charge is -2.43. The maximum atomic E-state index is 12.2. The number of benzene rings is 2. The Balaban J connectivity index is 1.77. The minimum Gasteiger partial charge on any atom is -0.481 e. The quantitative estimate of drug-likeness (QED) is 0.740. The van der Waals surface area contributed by atoms with E-state index >= 15 is 0 Å². The van der Waals surface area contributed by atoms with E-state index in [0.717, 1.165) is 17.1 Å². The molecule has 2 aromatic rings. The molecule has 2 heterocycles. The molecule has 7 heteroatoms. The molecule has 1 saturated heterocycles. The van der Waals surface area contributed by atoms with E-state index in [4.69, 9.17) is 21.3 Å². The molecule has 0 aliphatic carbocycles. The fourth-order valence-electron chi connectivity index (χ4n) is 4.44. The summed E-state index contributed by atoms with van der Waals surface area (Å²) in [7, 11) is 0. The third kappa shape index (κ3) is 3.55. The molecule has 0 radical (unpaired) electrons. The van der Waals surface area contributed by atoms with Gasteiger partial charge in [0.15, 0.2) is 5.75 Å². The molecular formula is C23H26ClN3O3. The van der Waals surface area contributed by atoms with Crippen molar-refractivity contribution in [2.24, 2.45) is 10.4 Å². The van der Waals surface area contributed by atoms with Gasteiger partial charge in [-0.15, -0.1) is 0 Å². The van der Waals surface area contributed by atoms with Crippen molar-refractivity contribution in [1.82, 2.24) is 10.2 Å². The molecule has 30 heavy (non-hydrogen) atoms. The lowest BCUT2D eigenvalue weighted by molar-refractivity contribution is -0.152. The molecule has 4 rings (SSSR count). The number of hydrogen-bond acceptors (Lipinski definition) is 5. The normalized spacial score (nSPS) is 18.6. The molecule has 0 saturated carbocycles. The van der Waals surface area contributed by atoms with Crippen molar-refractivity contribution in [1.29, 1.82) is 0 Å².